The third-order valence-corrected chi connectivity index (χ3v) is 5.68. The van der Waals surface area contributed by atoms with E-state index in [-0.39, 0.29) is 24.9 Å². The molecule has 0 aliphatic heterocycles. The smallest absolute Gasteiger partial charge is 0.306 e. The Balaban J connectivity index is 1.56. The SMILES string of the molecule is CCc1ccc(N(C(C)=O)c2nc(COC(=O)CCc3ccc(OC)cc3)cs2)cc1. The standard InChI is InChI=1S/C24H26N2O4S/c1-4-18-5-10-21(11-6-18)26(17(2)27)24-25-20(16-31-24)15-30-23(28)14-9-19-7-12-22(29-3)13-8-19/h5-8,10-13,16H,4,9,14-15H2,1-3H3. The van der Waals surface area contributed by atoms with Crippen molar-refractivity contribution in [3.05, 3.63) is 70.7 Å². The number of amides is 1. The Morgan fingerprint density at radius 1 is 1.03 bits per heavy atom. The molecule has 7 heteroatoms. The van der Waals surface area contributed by atoms with Crippen molar-refractivity contribution >= 4 is 34.0 Å². The summed E-state index contributed by atoms with van der Waals surface area (Å²) >= 11 is 1.35. The van der Waals surface area contributed by atoms with Crippen LogP contribution in [0.5, 0.6) is 5.75 Å². The Morgan fingerprint density at radius 2 is 1.71 bits per heavy atom. The van der Waals surface area contributed by atoms with Crippen molar-refractivity contribution in [2.24, 2.45) is 0 Å². The molecule has 6 nitrogen and oxygen atoms in total. The van der Waals surface area contributed by atoms with Crippen LogP contribution in [0.25, 0.3) is 0 Å². The Labute approximate surface area is 186 Å². The van der Waals surface area contributed by atoms with Crippen molar-refractivity contribution in [1.29, 1.82) is 0 Å². The van der Waals surface area contributed by atoms with Crippen LogP contribution in [0.3, 0.4) is 0 Å². The molecule has 0 N–H and O–H groups in total. The van der Waals surface area contributed by atoms with Gasteiger partial charge in [-0.25, -0.2) is 4.98 Å². The average Bonchev–Trinajstić information content (AvgIpc) is 3.25. The van der Waals surface area contributed by atoms with Crippen LogP contribution in [0.4, 0.5) is 10.8 Å². The van der Waals surface area contributed by atoms with Gasteiger partial charge < -0.3 is 9.47 Å². The van der Waals surface area contributed by atoms with Gasteiger partial charge in [0.15, 0.2) is 5.13 Å². The maximum Gasteiger partial charge on any atom is 0.306 e. The highest BCUT2D eigenvalue weighted by Gasteiger charge is 2.18. The lowest BCUT2D eigenvalue weighted by molar-refractivity contribution is -0.145. The first kappa shape index (κ1) is 22.5. The van der Waals surface area contributed by atoms with Crippen LogP contribution in [-0.2, 0) is 33.8 Å². The van der Waals surface area contributed by atoms with Crippen LogP contribution in [0.15, 0.2) is 53.9 Å². The molecule has 0 aliphatic rings. The van der Waals surface area contributed by atoms with Crippen LogP contribution in [0, 0.1) is 0 Å². The Morgan fingerprint density at radius 3 is 2.32 bits per heavy atom. The van der Waals surface area contributed by atoms with Gasteiger partial charge in [-0.3, -0.25) is 14.5 Å². The molecule has 1 amide bonds. The summed E-state index contributed by atoms with van der Waals surface area (Å²) in [5, 5.41) is 2.36. The zero-order chi connectivity index (χ0) is 22.2. The number of methoxy groups -OCH3 is 1. The van der Waals surface area contributed by atoms with Crippen molar-refractivity contribution in [2.75, 3.05) is 12.0 Å². The van der Waals surface area contributed by atoms with Gasteiger partial charge in [0.1, 0.15) is 12.4 Å². The average molecular weight is 439 g/mol. The summed E-state index contributed by atoms with van der Waals surface area (Å²) in [6, 6.07) is 15.4. The van der Waals surface area contributed by atoms with Crippen molar-refractivity contribution < 1.29 is 19.1 Å². The second-order valence-corrected chi connectivity index (χ2v) is 7.84. The number of esters is 1. The van der Waals surface area contributed by atoms with Crippen LogP contribution in [0.1, 0.15) is 37.1 Å². The summed E-state index contributed by atoms with van der Waals surface area (Å²) in [6.07, 6.45) is 1.81. The van der Waals surface area contributed by atoms with Crippen LogP contribution in [-0.4, -0.2) is 24.0 Å². The molecule has 0 spiro atoms. The van der Waals surface area contributed by atoms with Gasteiger partial charge in [0, 0.05) is 18.7 Å². The van der Waals surface area contributed by atoms with Gasteiger partial charge in [0.25, 0.3) is 0 Å². The zero-order valence-electron chi connectivity index (χ0n) is 18.0. The number of thiazole rings is 1. The molecule has 2 aromatic carbocycles. The van der Waals surface area contributed by atoms with E-state index in [1.54, 1.807) is 12.0 Å². The molecule has 0 atom stereocenters. The molecule has 0 unspecified atom stereocenters. The summed E-state index contributed by atoms with van der Waals surface area (Å²) in [4.78, 5) is 30.4. The van der Waals surface area contributed by atoms with E-state index in [1.807, 2.05) is 53.9 Å². The third kappa shape index (κ3) is 6.15. The van der Waals surface area contributed by atoms with E-state index in [1.165, 1.54) is 23.8 Å². The fourth-order valence-electron chi connectivity index (χ4n) is 3.04. The van der Waals surface area contributed by atoms with Gasteiger partial charge in [-0.05, 0) is 48.2 Å². The number of ether oxygens (including phenoxy) is 2. The molecule has 0 radical (unpaired) electrons. The predicted molar refractivity (Wildman–Crippen MR) is 122 cm³/mol. The molecule has 31 heavy (non-hydrogen) atoms. The lowest BCUT2D eigenvalue weighted by Gasteiger charge is -2.18. The van der Waals surface area contributed by atoms with Crippen LogP contribution < -0.4 is 9.64 Å². The van der Waals surface area contributed by atoms with E-state index in [0.29, 0.717) is 17.2 Å². The minimum absolute atomic E-state index is 0.0818. The highest BCUT2D eigenvalue weighted by Crippen LogP contribution is 2.29. The number of aryl methyl sites for hydroxylation is 2. The summed E-state index contributed by atoms with van der Waals surface area (Å²) in [5.41, 5.74) is 3.63. The molecule has 0 aliphatic carbocycles. The Kier molecular flexibility index (Phi) is 7.78. The summed E-state index contributed by atoms with van der Waals surface area (Å²) < 4.78 is 10.5. The van der Waals surface area contributed by atoms with E-state index in [2.05, 4.69) is 11.9 Å². The summed E-state index contributed by atoms with van der Waals surface area (Å²) in [6.45, 7) is 3.68. The number of anilines is 2. The fraction of sp³-hybridized carbons (Fsp3) is 0.292. The molecule has 3 rings (SSSR count). The van der Waals surface area contributed by atoms with Crippen LogP contribution >= 0.6 is 11.3 Å². The van der Waals surface area contributed by atoms with Crippen molar-refractivity contribution in [1.82, 2.24) is 4.98 Å². The lowest BCUT2D eigenvalue weighted by Crippen LogP contribution is -2.22. The fourth-order valence-corrected chi connectivity index (χ4v) is 3.91. The van der Waals surface area contributed by atoms with Crippen LogP contribution in [0.2, 0.25) is 0 Å². The van der Waals surface area contributed by atoms with Gasteiger partial charge in [-0.1, -0.05) is 31.2 Å². The molecule has 3 aromatic rings. The second kappa shape index (κ2) is 10.7. The molecule has 1 heterocycles. The monoisotopic (exact) mass is 438 g/mol. The quantitative estimate of drug-likeness (QED) is 0.436. The predicted octanol–water partition coefficient (Wildman–Crippen LogP) is 5.07. The highest BCUT2D eigenvalue weighted by molar-refractivity contribution is 7.14. The van der Waals surface area contributed by atoms with E-state index >= 15 is 0 Å². The number of carbonyl (C=O) groups is 2. The first-order chi connectivity index (χ1) is 15.0. The number of aromatic nitrogens is 1. The molecule has 0 saturated carbocycles. The van der Waals surface area contributed by atoms with Gasteiger partial charge in [0.2, 0.25) is 5.91 Å². The first-order valence-corrected chi connectivity index (χ1v) is 11.0. The van der Waals surface area contributed by atoms with E-state index < -0.39 is 0 Å². The number of benzene rings is 2. The minimum Gasteiger partial charge on any atom is -0.497 e. The number of hydrogen-bond donors (Lipinski definition) is 0. The largest absolute Gasteiger partial charge is 0.497 e. The molecule has 0 bridgehead atoms. The molecule has 162 valence electrons. The van der Waals surface area contributed by atoms with Gasteiger partial charge in [-0.2, -0.15) is 0 Å². The maximum absolute atomic E-state index is 12.2. The first-order valence-electron chi connectivity index (χ1n) is 10.1. The summed E-state index contributed by atoms with van der Waals surface area (Å²) in [7, 11) is 1.62. The van der Waals surface area contributed by atoms with Gasteiger partial charge >= 0.3 is 5.97 Å². The van der Waals surface area contributed by atoms with E-state index in [0.717, 1.165) is 23.4 Å². The number of carbonyl (C=O) groups excluding carboxylic acids is 2. The Bertz CT molecular complexity index is 1010. The molecular formula is C24H26N2O4S. The van der Waals surface area contributed by atoms with E-state index in [9.17, 15) is 9.59 Å². The summed E-state index contributed by atoms with van der Waals surface area (Å²) in [5.74, 6) is 0.372. The maximum atomic E-state index is 12.2. The lowest BCUT2D eigenvalue weighted by atomic mass is 10.1. The Hall–Kier alpha value is -3.19. The minimum atomic E-state index is -0.288. The molecule has 0 saturated heterocycles. The zero-order valence-corrected chi connectivity index (χ0v) is 18.8. The number of hydrogen-bond acceptors (Lipinski definition) is 6. The van der Waals surface area contributed by atoms with Gasteiger partial charge in [0.05, 0.1) is 18.5 Å². The van der Waals surface area contributed by atoms with Gasteiger partial charge in [-0.15, -0.1) is 11.3 Å². The van der Waals surface area contributed by atoms with E-state index in [4.69, 9.17) is 9.47 Å². The molecular weight excluding hydrogens is 412 g/mol. The highest BCUT2D eigenvalue weighted by atomic mass is 32.1. The molecule has 0 fully saturated rings. The van der Waals surface area contributed by atoms with Crippen molar-refractivity contribution in [3.8, 4) is 5.75 Å². The molecule has 1 aromatic heterocycles. The normalized spacial score (nSPS) is 10.5. The number of rotatable bonds is 9. The second-order valence-electron chi connectivity index (χ2n) is 7.00. The van der Waals surface area contributed by atoms with Crippen molar-refractivity contribution in [2.45, 2.75) is 39.7 Å². The number of nitrogens with zero attached hydrogens (tertiary/aromatic N) is 2. The third-order valence-electron chi connectivity index (χ3n) is 4.81. The van der Waals surface area contributed by atoms with Crippen molar-refractivity contribution in [3.63, 3.8) is 0 Å². The topological polar surface area (TPSA) is 68.7 Å².